The number of carbonyl (C=O) groups excluding carboxylic acids is 12. The average Bonchev–Trinajstić information content (AvgIpc) is 3.26. The monoisotopic (exact) mass is 1110 g/mol. The molecule has 3 heterocycles. The van der Waals surface area contributed by atoms with Crippen LogP contribution in [0.15, 0.2) is 4.99 Å². The molecule has 0 saturated carbocycles. The van der Waals surface area contributed by atoms with Crippen molar-refractivity contribution in [3.8, 4) is 0 Å². The van der Waals surface area contributed by atoms with E-state index in [1.54, 1.807) is 0 Å². The third-order valence-electron chi connectivity index (χ3n) is 11.3. The van der Waals surface area contributed by atoms with Crippen molar-refractivity contribution in [1.29, 1.82) is 0 Å². The van der Waals surface area contributed by atoms with Gasteiger partial charge in [-0.1, -0.05) is 0 Å². The first-order valence-electron chi connectivity index (χ1n) is 23.5. The van der Waals surface area contributed by atoms with Crippen LogP contribution < -0.4 is 0 Å². The minimum Gasteiger partial charge on any atom is -0.463 e. The van der Waals surface area contributed by atoms with E-state index >= 15 is 0 Å². The molecule has 424 valence electrons. The van der Waals surface area contributed by atoms with Gasteiger partial charge in [0.1, 0.15) is 56.4 Å². The summed E-state index contributed by atoms with van der Waals surface area (Å²) in [6.45, 7) is 9.94. The quantitative estimate of drug-likeness (QED) is 0.0612. The van der Waals surface area contributed by atoms with Gasteiger partial charge in [0.25, 0.3) is 0 Å². The molecule has 15 atom stereocenters. The van der Waals surface area contributed by atoms with E-state index in [2.05, 4.69) is 10.2 Å². The number of aliphatic imine (C=N–C) groups is 1. The zero-order valence-corrected chi connectivity index (χ0v) is 44.6. The lowest BCUT2D eigenvalue weighted by Gasteiger charge is -2.50. The summed E-state index contributed by atoms with van der Waals surface area (Å²) in [6, 6.07) is 0. The van der Waals surface area contributed by atoms with Crippen molar-refractivity contribution in [1.82, 2.24) is 0 Å². The second kappa shape index (κ2) is 29.0. The Bertz CT molecular complexity index is 2000. The van der Waals surface area contributed by atoms with Crippen LogP contribution in [0.25, 0.3) is 0 Å². The molecule has 0 radical (unpaired) electrons. The molecule has 0 bridgehead atoms. The van der Waals surface area contributed by atoms with Crippen molar-refractivity contribution in [2.45, 2.75) is 199 Å². The van der Waals surface area contributed by atoms with Gasteiger partial charge in [0.2, 0.25) is 0 Å². The van der Waals surface area contributed by atoms with Crippen LogP contribution >= 0.6 is 12.2 Å². The van der Waals surface area contributed by atoms with Crippen LogP contribution in [0, 0.1) is 0 Å². The van der Waals surface area contributed by atoms with Gasteiger partial charge in [-0.15, -0.1) is 0 Å². The average molecular weight is 1110 g/mol. The summed E-state index contributed by atoms with van der Waals surface area (Å²) in [6.07, 6.45) is -27.6. The van der Waals surface area contributed by atoms with Gasteiger partial charge in [0.05, 0.1) is 10.7 Å². The summed E-state index contributed by atoms with van der Waals surface area (Å²) in [4.78, 5) is 157. The van der Waals surface area contributed by atoms with Crippen LogP contribution in [0.2, 0.25) is 0 Å². The summed E-state index contributed by atoms with van der Waals surface area (Å²) in [5.74, 6) is -11.4. The van der Waals surface area contributed by atoms with Crippen molar-refractivity contribution in [2.75, 3.05) is 19.8 Å². The second-order valence-corrected chi connectivity index (χ2v) is 17.9. The number of isothiocyanates is 1. The molecule has 29 heteroatoms. The predicted octanol–water partition coefficient (Wildman–Crippen LogP) is 0.375. The fraction of sp³-hybridized carbons (Fsp3) is 0.723. The van der Waals surface area contributed by atoms with E-state index < -0.39 is 208 Å². The molecule has 0 unspecified atom stereocenters. The lowest BCUT2D eigenvalue weighted by Crippen LogP contribution is -2.66. The highest BCUT2D eigenvalue weighted by atomic mass is 32.1. The summed E-state index contributed by atoms with van der Waals surface area (Å²) in [7, 11) is 0. The number of nitrogens with zero attached hydrogens (tertiary/aromatic N) is 1. The number of esters is 12. The van der Waals surface area contributed by atoms with Crippen LogP contribution in [0.3, 0.4) is 0 Å². The molecule has 0 amide bonds. The van der Waals surface area contributed by atoms with Gasteiger partial charge in [0.15, 0.2) is 54.9 Å². The lowest BCUT2D eigenvalue weighted by molar-refractivity contribution is -0.267. The normalized spacial score (nSPS) is 28.9. The van der Waals surface area contributed by atoms with Crippen LogP contribution in [0.4, 0.5) is 0 Å². The molecule has 3 saturated heterocycles. The number of hydrogen-bond acceptors (Lipinski definition) is 29. The molecule has 0 aromatic heterocycles. The molecule has 0 aromatic rings. The summed E-state index contributed by atoms with van der Waals surface area (Å²) in [5.41, 5.74) is -2.19. The minimum absolute atomic E-state index is 0.697. The summed E-state index contributed by atoms with van der Waals surface area (Å²) in [5, 5.41) is 2.28. The van der Waals surface area contributed by atoms with E-state index in [1.165, 1.54) is 0 Å². The lowest BCUT2D eigenvalue weighted by atomic mass is 9.75. The highest BCUT2D eigenvalue weighted by Gasteiger charge is 2.60. The molecule has 76 heavy (non-hydrogen) atoms. The number of carbonyl (C=O) groups is 12. The SMILES string of the molecule is CC(=O)OC[C@H]1O[C@H](CC(C[C@H]2O[C@H](COC(C)=O)[C@@H](OC(C)=O)[C@H](OC(C)=O)[C@@H]2OC(C)=O)(C[C@H]2O[C@H](COC(C)=O)[C@@H](OC(C)=O)[C@H](OC(C)=O)[C@@H]2OC(C)=O)N=C=S)[C@@H](OC(C)=O)[C@@H](OC(C)=O)[C@@H]1OC(C)=O. The Morgan fingerprint density at radius 3 is 0.684 bits per heavy atom. The van der Waals surface area contributed by atoms with E-state index in [1.807, 2.05) is 0 Å². The number of rotatable bonds is 22. The smallest absolute Gasteiger partial charge is 0.303 e. The molecule has 3 aliphatic rings. The van der Waals surface area contributed by atoms with Gasteiger partial charge in [-0.05, 0) is 12.2 Å². The largest absolute Gasteiger partial charge is 0.463 e. The zero-order valence-electron chi connectivity index (χ0n) is 43.8. The van der Waals surface area contributed by atoms with E-state index in [0.717, 1.165) is 83.1 Å². The number of ether oxygens (including phenoxy) is 15. The highest BCUT2D eigenvalue weighted by Crippen LogP contribution is 2.44. The van der Waals surface area contributed by atoms with E-state index in [9.17, 15) is 57.5 Å². The van der Waals surface area contributed by atoms with Crippen molar-refractivity contribution < 1.29 is 129 Å². The maximum atomic E-state index is 13.1. The Labute approximate surface area is 440 Å². The van der Waals surface area contributed by atoms with Crippen LogP contribution in [0.1, 0.15) is 102 Å². The van der Waals surface area contributed by atoms with E-state index in [4.69, 9.17) is 83.3 Å². The maximum Gasteiger partial charge on any atom is 0.303 e. The molecule has 3 fully saturated rings. The Hall–Kier alpha value is -6.68. The van der Waals surface area contributed by atoms with E-state index in [0.29, 0.717) is 0 Å². The van der Waals surface area contributed by atoms with Crippen molar-refractivity contribution in [3.05, 3.63) is 0 Å². The van der Waals surface area contributed by atoms with Gasteiger partial charge < -0.3 is 71.1 Å². The maximum absolute atomic E-state index is 13.1. The molecule has 0 N–H and O–H groups in total. The third-order valence-corrected chi connectivity index (χ3v) is 11.4. The first-order valence-corrected chi connectivity index (χ1v) is 23.9. The summed E-state index contributed by atoms with van der Waals surface area (Å²) < 4.78 is 86.5. The van der Waals surface area contributed by atoms with Crippen molar-refractivity contribution in [3.63, 3.8) is 0 Å². The first-order chi connectivity index (χ1) is 35.4. The van der Waals surface area contributed by atoms with Gasteiger partial charge in [-0.3, -0.25) is 57.5 Å². The fourth-order valence-corrected chi connectivity index (χ4v) is 9.25. The Balaban J connectivity index is 2.58. The molecule has 0 aromatic carbocycles. The fourth-order valence-electron chi connectivity index (χ4n) is 9.05. The van der Waals surface area contributed by atoms with Crippen LogP contribution in [-0.4, -0.2) is 194 Å². The van der Waals surface area contributed by atoms with Crippen LogP contribution in [-0.2, 0) is 129 Å². The van der Waals surface area contributed by atoms with Crippen molar-refractivity contribution in [2.24, 2.45) is 4.99 Å². The minimum atomic E-state index is -2.19. The standard InChI is InChI=1S/C47H63NO27S/c1-20(49)61-16-35-41(67-26(7)55)44(70-29(10)58)38(64-23(4)52)32(73-35)13-47(48-19-76,14-33-39(65-24(5)53)45(71-30(11)59)42(68-27(8)56)36(74-33)17-62-21(2)50)15-34-40(66-25(6)54)46(72-31(12)60)43(69-28(9)57)37(75-34)18-63-22(3)51/h32-46H,13-18H2,1-12H3/t32-,33-,34-,35-,36-,37-,38-,39-,40-,41-,42-,43-,44-,45-,46-/m1/s1. The third kappa shape index (κ3) is 19.5. The van der Waals surface area contributed by atoms with Gasteiger partial charge in [-0.2, -0.15) is 0 Å². The summed E-state index contributed by atoms with van der Waals surface area (Å²) >= 11 is 5.27. The van der Waals surface area contributed by atoms with Gasteiger partial charge in [-0.25, -0.2) is 4.99 Å². The second-order valence-electron chi connectivity index (χ2n) is 17.8. The van der Waals surface area contributed by atoms with Gasteiger partial charge >= 0.3 is 71.6 Å². The molecule has 3 rings (SSSR count). The number of thiocarbonyl (C=S) groups is 1. The highest BCUT2D eigenvalue weighted by molar-refractivity contribution is 7.78. The molecule has 0 aliphatic carbocycles. The molecule has 0 spiro atoms. The molecular weight excluding hydrogens is 1040 g/mol. The molecule has 28 nitrogen and oxygen atoms in total. The predicted molar refractivity (Wildman–Crippen MR) is 247 cm³/mol. The number of hydrogen-bond donors (Lipinski definition) is 0. The van der Waals surface area contributed by atoms with Crippen molar-refractivity contribution >= 4 is 89.0 Å². The molecule has 3 aliphatic heterocycles. The Morgan fingerprint density at radius 2 is 0.513 bits per heavy atom. The van der Waals surface area contributed by atoms with Gasteiger partial charge in [0, 0.05) is 102 Å². The van der Waals surface area contributed by atoms with Crippen LogP contribution in [0.5, 0.6) is 0 Å². The molecular formula is C47H63NO27S. The topological polar surface area (TPSA) is 356 Å². The zero-order chi connectivity index (χ0) is 57.4. The Kier molecular flexibility index (Phi) is 24.3. The Morgan fingerprint density at radius 1 is 0.329 bits per heavy atom. The first kappa shape index (κ1) is 63.6. The van der Waals surface area contributed by atoms with E-state index in [-0.39, 0.29) is 0 Å².